The molecule has 0 radical (unpaired) electrons. The van der Waals surface area contributed by atoms with E-state index in [4.69, 9.17) is 9.15 Å². The highest BCUT2D eigenvalue weighted by Crippen LogP contribution is 2.34. The van der Waals surface area contributed by atoms with E-state index >= 15 is 0 Å². The second-order valence-corrected chi connectivity index (χ2v) is 7.06. The highest BCUT2D eigenvalue weighted by Gasteiger charge is 2.23. The van der Waals surface area contributed by atoms with Crippen molar-refractivity contribution >= 4 is 28.5 Å². The number of nitro groups is 1. The Hall–Kier alpha value is -3.36. The zero-order valence-corrected chi connectivity index (χ0v) is 15.7. The van der Waals surface area contributed by atoms with E-state index in [1.165, 1.54) is 13.2 Å². The van der Waals surface area contributed by atoms with E-state index in [1.807, 2.05) is 6.92 Å². The molecule has 0 unspecified atom stereocenters. The molecule has 1 N–H and O–H groups in total. The first kappa shape index (κ1) is 18.4. The monoisotopic (exact) mass is 372 g/mol. The number of carbonyl (C=O) groups excluding carboxylic acids is 1. The van der Waals surface area contributed by atoms with Crippen LogP contribution in [0.15, 0.2) is 28.7 Å². The lowest BCUT2D eigenvalue weighted by molar-refractivity contribution is -0.402. The summed E-state index contributed by atoms with van der Waals surface area (Å²) in [5.41, 5.74) is 1.79. The number of furan rings is 1. The van der Waals surface area contributed by atoms with Gasteiger partial charge in [0.15, 0.2) is 5.76 Å². The molecule has 9 heteroatoms. The van der Waals surface area contributed by atoms with Gasteiger partial charge in [-0.05, 0) is 39.8 Å². The van der Waals surface area contributed by atoms with Gasteiger partial charge in [0.1, 0.15) is 16.5 Å². The minimum Gasteiger partial charge on any atom is -0.494 e. The van der Waals surface area contributed by atoms with Crippen molar-refractivity contribution in [3.63, 3.8) is 0 Å². The maximum absolute atomic E-state index is 12.4. The Bertz CT molecular complexity index is 1040. The maximum atomic E-state index is 12.4. The molecule has 0 saturated heterocycles. The van der Waals surface area contributed by atoms with Gasteiger partial charge >= 0.3 is 5.88 Å². The maximum Gasteiger partial charge on any atom is 0.433 e. The number of aromatic nitrogens is 2. The van der Waals surface area contributed by atoms with Crippen LogP contribution < -0.4 is 10.1 Å². The average molecular weight is 372 g/mol. The lowest BCUT2D eigenvalue weighted by Gasteiger charge is -2.24. The van der Waals surface area contributed by atoms with Crippen molar-refractivity contribution in [3.8, 4) is 5.75 Å². The molecule has 142 valence electrons. The fraction of sp³-hybridized carbons (Fsp3) is 0.333. The molecular formula is C18H20N4O5. The molecule has 0 bridgehead atoms. The Labute approximate surface area is 155 Å². The molecule has 1 amide bonds. The molecular weight excluding hydrogens is 352 g/mol. The summed E-state index contributed by atoms with van der Waals surface area (Å²) in [5.74, 6) is 0.00193. The number of fused-ring (bicyclic) bond motifs is 1. The molecule has 0 aliphatic carbocycles. The van der Waals surface area contributed by atoms with Crippen molar-refractivity contribution in [2.75, 3.05) is 12.4 Å². The van der Waals surface area contributed by atoms with Gasteiger partial charge < -0.3 is 19.0 Å². The van der Waals surface area contributed by atoms with Gasteiger partial charge in [0, 0.05) is 11.6 Å². The zero-order valence-electron chi connectivity index (χ0n) is 15.7. The number of nitrogens with one attached hydrogen (secondary N) is 1. The number of benzene rings is 1. The second kappa shape index (κ2) is 6.42. The first-order valence-corrected chi connectivity index (χ1v) is 8.25. The molecule has 0 atom stereocenters. The van der Waals surface area contributed by atoms with Crippen LogP contribution in [-0.4, -0.2) is 27.5 Å². The molecule has 0 saturated carbocycles. The highest BCUT2D eigenvalue weighted by atomic mass is 16.6. The number of imidazole rings is 1. The molecule has 2 heterocycles. The summed E-state index contributed by atoms with van der Waals surface area (Å²) in [7, 11) is 1.50. The summed E-state index contributed by atoms with van der Waals surface area (Å²) in [6, 6.07) is 5.89. The van der Waals surface area contributed by atoms with Crippen LogP contribution in [-0.2, 0) is 5.54 Å². The lowest BCUT2D eigenvalue weighted by Crippen LogP contribution is -2.22. The molecule has 0 aliphatic heterocycles. The highest BCUT2D eigenvalue weighted by molar-refractivity contribution is 6.04. The molecule has 3 rings (SSSR count). The summed E-state index contributed by atoms with van der Waals surface area (Å²) in [4.78, 5) is 26.9. The largest absolute Gasteiger partial charge is 0.494 e. The van der Waals surface area contributed by atoms with E-state index in [1.54, 1.807) is 12.1 Å². The van der Waals surface area contributed by atoms with E-state index in [2.05, 4.69) is 35.6 Å². The Kier molecular flexibility index (Phi) is 4.38. The first-order valence-electron chi connectivity index (χ1n) is 8.25. The molecule has 3 aromatic rings. The van der Waals surface area contributed by atoms with Gasteiger partial charge in [0.2, 0.25) is 0 Å². The van der Waals surface area contributed by atoms with Crippen LogP contribution in [0.1, 0.15) is 37.2 Å². The Balaban J connectivity index is 2.01. The zero-order chi connectivity index (χ0) is 19.9. The molecule has 9 nitrogen and oxygen atoms in total. The molecule has 0 fully saturated rings. The van der Waals surface area contributed by atoms with E-state index in [-0.39, 0.29) is 11.3 Å². The number of ether oxygens (including phenoxy) is 1. The van der Waals surface area contributed by atoms with Crippen LogP contribution in [0.5, 0.6) is 5.75 Å². The molecule has 0 spiro atoms. The number of methoxy groups -OCH3 is 1. The van der Waals surface area contributed by atoms with Gasteiger partial charge in [-0.15, -0.1) is 0 Å². The van der Waals surface area contributed by atoms with Crippen molar-refractivity contribution < 1.29 is 18.9 Å². The number of hydrogen-bond acceptors (Lipinski definition) is 6. The van der Waals surface area contributed by atoms with Gasteiger partial charge in [-0.25, -0.2) is 4.98 Å². The standard InChI is InChI=1S/C18H20N4O5/c1-10-19-11-8-12(15(26-5)9-13(11)21(10)18(2,3)4)20-17(23)14-6-7-16(27-14)22(24)25/h6-9H,1-5H3,(H,20,23). The van der Waals surface area contributed by atoms with Crippen molar-refractivity contribution in [1.82, 2.24) is 9.55 Å². The third-order valence-electron chi connectivity index (χ3n) is 4.06. The van der Waals surface area contributed by atoms with E-state index < -0.39 is 16.7 Å². The first-order chi connectivity index (χ1) is 12.6. The predicted octanol–water partition coefficient (Wildman–Crippen LogP) is 3.86. The molecule has 27 heavy (non-hydrogen) atoms. The minimum atomic E-state index is -0.703. The number of nitrogens with zero attached hydrogens (tertiary/aromatic N) is 3. The van der Waals surface area contributed by atoms with Crippen molar-refractivity contribution in [3.05, 3.63) is 46.0 Å². The second-order valence-electron chi connectivity index (χ2n) is 7.06. The SMILES string of the molecule is COc1cc2c(cc1NC(=O)c1ccc([N+](=O)[O-])o1)nc(C)n2C(C)(C)C. The third kappa shape index (κ3) is 3.35. The Morgan fingerprint density at radius 3 is 2.59 bits per heavy atom. The minimum absolute atomic E-state index is 0.166. The van der Waals surface area contributed by atoms with E-state index in [0.717, 1.165) is 17.4 Å². The van der Waals surface area contributed by atoms with Gasteiger partial charge in [0.05, 0.1) is 29.9 Å². The smallest absolute Gasteiger partial charge is 0.433 e. The van der Waals surface area contributed by atoms with E-state index in [0.29, 0.717) is 17.0 Å². The van der Waals surface area contributed by atoms with Crippen molar-refractivity contribution in [2.24, 2.45) is 0 Å². The topological polar surface area (TPSA) is 112 Å². The lowest BCUT2D eigenvalue weighted by atomic mass is 10.1. The number of amides is 1. The van der Waals surface area contributed by atoms with Crippen LogP contribution in [0.2, 0.25) is 0 Å². The quantitative estimate of drug-likeness (QED) is 0.550. The van der Waals surface area contributed by atoms with Crippen LogP contribution >= 0.6 is 0 Å². The number of carbonyl (C=O) groups is 1. The summed E-state index contributed by atoms with van der Waals surface area (Å²) >= 11 is 0. The Morgan fingerprint density at radius 2 is 2.04 bits per heavy atom. The summed E-state index contributed by atoms with van der Waals surface area (Å²) in [5, 5.41) is 13.4. The summed E-state index contributed by atoms with van der Waals surface area (Å²) in [6.45, 7) is 8.14. The summed E-state index contributed by atoms with van der Waals surface area (Å²) in [6.07, 6.45) is 0. The van der Waals surface area contributed by atoms with Crippen LogP contribution in [0.3, 0.4) is 0 Å². The molecule has 0 aliphatic rings. The number of anilines is 1. The van der Waals surface area contributed by atoms with Crippen molar-refractivity contribution in [1.29, 1.82) is 0 Å². The number of hydrogen-bond donors (Lipinski definition) is 1. The number of rotatable bonds is 4. The summed E-state index contributed by atoms with van der Waals surface area (Å²) < 4.78 is 12.4. The van der Waals surface area contributed by atoms with E-state index in [9.17, 15) is 14.9 Å². The molecule has 2 aromatic heterocycles. The fourth-order valence-electron chi connectivity index (χ4n) is 3.07. The molecule has 1 aromatic carbocycles. The van der Waals surface area contributed by atoms with Crippen LogP contribution in [0, 0.1) is 17.0 Å². The van der Waals surface area contributed by atoms with Gasteiger partial charge in [-0.1, -0.05) is 0 Å². The van der Waals surface area contributed by atoms with Gasteiger partial charge in [-0.2, -0.15) is 0 Å². The van der Waals surface area contributed by atoms with Crippen molar-refractivity contribution in [2.45, 2.75) is 33.2 Å². The van der Waals surface area contributed by atoms with Gasteiger partial charge in [-0.3, -0.25) is 14.9 Å². The van der Waals surface area contributed by atoms with Crippen LogP contribution in [0.4, 0.5) is 11.6 Å². The Morgan fingerprint density at radius 1 is 1.33 bits per heavy atom. The number of aryl methyl sites for hydroxylation is 1. The van der Waals surface area contributed by atoms with Crippen LogP contribution in [0.25, 0.3) is 11.0 Å². The normalized spacial score (nSPS) is 11.6. The average Bonchev–Trinajstić information content (AvgIpc) is 3.17. The third-order valence-corrected chi connectivity index (χ3v) is 4.06. The predicted molar refractivity (Wildman–Crippen MR) is 99.3 cm³/mol. The van der Waals surface area contributed by atoms with Gasteiger partial charge in [0.25, 0.3) is 5.91 Å². The fourth-order valence-corrected chi connectivity index (χ4v) is 3.07.